The average Bonchev–Trinajstić information content (AvgIpc) is 3.36. The van der Waals surface area contributed by atoms with Crippen molar-refractivity contribution in [1.82, 2.24) is 13.7 Å². The first-order chi connectivity index (χ1) is 13.4. The third kappa shape index (κ3) is 3.55. The zero-order chi connectivity index (χ0) is 19.8. The molecule has 0 unspecified atom stereocenters. The molecule has 10 heteroatoms. The monoisotopic (exact) mass is 421 g/mol. The van der Waals surface area contributed by atoms with Gasteiger partial charge in [0, 0.05) is 13.2 Å². The Labute approximate surface area is 163 Å². The first kappa shape index (κ1) is 19.1. The normalized spacial score (nSPS) is 17.9. The van der Waals surface area contributed by atoms with Crippen molar-refractivity contribution in [2.45, 2.75) is 28.7 Å². The van der Waals surface area contributed by atoms with Crippen LogP contribution in [0.25, 0.3) is 11.0 Å². The molecule has 2 heterocycles. The fraction of sp³-hybridized carbons (Fsp3) is 0.278. The molecular formula is C18H19N3O5S2. The van der Waals surface area contributed by atoms with Gasteiger partial charge in [0.2, 0.25) is 10.0 Å². The molecule has 1 aromatic heterocycles. The van der Waals surface area contributed by atoms with E-state index in [-0.39, 0.29) is 22.4 Å². The van der Waals surface area contributed by atoms with E-state index in [0.29, 0.717) is 17.6 Å². The molecule has 0 aliphatic carbocycles. The summed E-state index contributed by atoms with van der Waals surface area (Å²) in [6, 6.07) is 12.0. The zero-order valence-corrected chi connectivity index (χ0v) is 16.5. The van der Waals surface area contributed by atoms with Crippen molar-refractivity contribution in [3.05, 3.63) is 54.9 Å². The number of aromatic nitrogens is 2. The maximum absolute atomic E-state index is 12.9. The summed E-state index contributed by atoms with van der Waals surface area (Å²) in [5.41, 5.74) is 1.01. The van der Waals surface area contributed by atoms with Gasteiger partial charge in [-0.15, -0.1) is 0 Å². The van der Waals surface area contributed by atoms with Crippen LogP contribution >= 0.6 is 0 Å². The Balaban J connectivity index is 1.58. The summed E-state index contributed by atoms with van der Waals surface area (Å²) < 4.78 is 59.7. The van der Waals surface area contributed by atoms with Gasteiger partial charge >= 0.3 is 0 Å². The van der Waals surface area contributed by atoms with Crippen molar-refractivity contribution in [3.63, 3.8) is 0 Å². The molecular weight excluding hydrogens is 402 g/mol. The molecule has 1 atom stereocenters. The number of hydrogen-bond acceptors (Lipinski definition) is 6. The van der Waals surface area contributed by atoms with E-state index in [1.165, 1.54) is 30.6 Å². The van der Waals surface area contributed by atoms with E-state index < -0.39 is 20.0 Å². The molecule has 1 fully saturated rings. The maximum atomic E-state index is 12.9. The second-order valence-corrected chi connectivity index (χ2v) is 10.1. The minimum atomic E-state index is -3.89. The van der Waals surface area contributed by atoms with Gasteiger partial charge in [0.1, 0.15) is 6.33 Å². The van der Waals surface area contributed by atoms with Gasteiger partial charge in [-0.05, 0) is 49.2 Å². The van der Waals surface area contributed by atoms with Crippen LogP contribution in [0.5, 0.6) is 0 Å². The number of ether oxygens (including phenoxy) is 1. The standard InChI is InChI=1S/C18H19N3O5S2/c22-27(23,20-12-14-4-3-11-26-14)15-7-9-16(10-8-15)28(24,25)21-13-19-17-5-1-2-6-18(17)21/h1-2,5-10,13-14,20H,3-4,11-12H2/t14-/m1/s1. The Morgan fingerprint density at radius 3 is 2.46 bits per heavy atom. The summed E-state index contributed by atoms with van der Waals surface area (Å²) in [4.78, 5) is 4.08. The second-order valence-electron chi connectivity index (χ2n) is 6.49. The van der Waals surface area contributed by atoms with Crippen LogP contribution < -0.4 is 4.72 Å². The molecule has 4 rings (SSSR count). The number of hydrogen-bond donors (Lipinski definition) is 1. The Hall–Kier alpha value is -2.27. The molecule has 0 saturated carbocycles. The highest BCUT2D eigenvalue weighted by molar-refractivity contribution is 7.90. The lowest BCUT2D eigenvalue weighted by atomic mass is 10.2. The van der Waals surface area contributed by atoms with E-state index in [9.17, 15) is 16.8 Å². The third-order valence-corrected chi connectivity index (χ3v) is 7.75. The lowest BCUT2D eigenvalue weighted by Crippen LogP contribution is -2.31. The topological polar surface area (TPSA) is 107 Å². The van der Waals surface area contributed by atoms with Crippen LogP contribution in [-0.2, 0) is 24.8 Å². The summed E-state index contributed by atoms with van der Waals surface area (Å²) >= 11 is 0. The smallest absolute Gasteiger partial charge is 0.269 e. The Kier molecular flexibility index (Phi) is 4.96. The van der Waals surface area contributed by atoms with Crippen LogP contribution in [-0.4, -0.2) is 45.0 Å². The zero-order valence-electron chi connectivity index (χ0n) is 14.9. The fourth-order valence-corrected chi connectivity index (χ4v) is 5.48. The molecule has 2 aromatic carbocycles. The van der Waals surface area contributed by atoms with Gasteiger partial charge < -0.3 is 4.74 Å². The molecule has 8 nitrogen and oxygen atoms in total. The number of rotatable bonds is 6. The van der Waals surface area contributed by atoms with Gasteiger partial charge in [-0.3, -0.25) is 0 Å². The molecule has 0 radical (unpaired) electrons. The van der Waals surface area contributed by atoms with Crippen molar-refractivity contribution < 1.29 is 21.6 Å². The summed E-state index contributed by atoms with van der Waals surface area (Å²) in [6.07, 6.45) is 2.86. The Morgan fingerprint density at radius 1 is 1.04 bits per heavy atom. The highest BCUT2D eigenvalue weighted by Gasteiger charge is 2.23. The van der Waals surface area contributed by atoms with Crippen LogP contribution in [0.3, 0.4) is 0 Å². The molecule has 3 aromatic rings. The summed E-state index contributed by atoms with van der Waals surface area (Å²) in [5, 5.41) is 0. The van der Waals surface area contributed by atoms with Gasteiger partial charge in [-0.25, -0.2) is 30.5 Å². The van der Waals surface area contributed by atoms with Crippen LogP contribution in [0.4, 0.5) is 0 Å². The van der Waals surface area contributed by atoms with Crippen LogP contribution in [0.2, 0.25) is 0 Å². The van der Waals surface area contributed by atoms with Crippen LogP contribution in [0.1, 0.15) is 12.8 Å². The van der Waals surface area contributed by atoms with E-state index in [1.807, 2.05) is 0 Å². The van der Waals surface area contributed by atoms with Crippen molar-refractivity contribution in [1.29, 1.82) is 0 Å². The van der Waals surface area contributed by atoms with Gasteiger partial charge in [0.15, 0.2) is 0 Å². The quantitative estimate of drug-likeness (QED) is 0.650. The summed E-state index contributed by atoms with van der Waals surface area (Å²) in [5.74, 6) is 0. The van der Waals surface area contributed by atoms with E-state index in [2.05, 4.69) is 9.71 Å². The molecule has 0 amide bonds. The predicted molar refractivity (Wildman–Crippen MR) is 103 cm³/mol. The van der Waals surface area contributed by atoms with Gasteiger partial charge in [0.25, 0.3) is 10.0 Å². The van der Waals surface area contributed by atoms with E-state index in [4.69, 9.17) is 4.74 Å². The van der Waals surface area contributed by atoms with Gasteiger partial charge in [-0.2, -0.15) is 0 Å². The Morgan fingerprint density at radius 2 is 1.75 bits per heavy atom. The molecule has 1 N–H and O–H groups in total. The second kappa shape index (κ2) is 7.28. The molecule has 1 aliphatic heterocycles. The SMILES string of the molecule is O=S(=O)(NC[C@H]1CCCO1)c1ccc(S(=O)(=O)n2cnc3ccccc32)cc1. The fourth-order valence-electron chi connectivity index (χ4n) is 3.12. The molecule has 1 aliphatic rings. The number of nitrogens with zero attached hydrogens (tertiary/aromatic N) is 2. The molecule has 1 saturated heterocycles. The van der Waals surface area contributed by atoms with Crippen molar-refractivity contribution in [2.75, 3.05) is 13.2 Å². The van der Waals surface area contributed by atoms with Crippen molar-refractivity contribution in [3.8, 4) is 0 Å². The lowest BCUT2D eigenvalue weighted by molar-refractivity contribution is 0.114. The largest absolute Gasteiger partial charge is 0.377 e. The minimum Gasteiger partial charge on any atom is -0.377 e. The molecule has 0 spiro atoms. The number of imidazole rings is 1. The maximum Gasteiger partial charge on any atom is 0.269 e. The average molecular weight is 422 g/mol. The van der Waals surface area contributed by atoms with Crippen LogP contribution in [0.15, 0.2) is 64.6 Å². The number of benzene rings is 2. The molecule has 148 valence electrons. The number of sulfonamides is 1. The first-order valence-electron chi connectivity index (χ1n) is 8.77. The number of nitrogens with one attached hydrogen (secondary N) is 1. The van der Waals surface area contributed by atoms with Gasteiger partial charge in [-0.1, -0.05) is 12.1 Å². The van der Waals surface area contributed by atoms with Crippen molar-refractivity contribution >= 4 is 31.1 Å². The Bertz CT molecular complexity index is 1200. The van der Waals surface area contributed by atoms with E-state index >= 15 is 0 Å². The minimum absolute atomic E-state index is 0.0000592. The number of para-hydroxylation sites is 2. The first-order valence-corrected chi connectivity index (χ1v) is 11.7. The lowest BCUT2D eigenvalue weighted by Gasteiger charge is -2.12. The molecule has 0 bridgehead atoms. The van der Waals surface area contributed by atoms with Gasteiger partial charge in [0.05, 0.1) is 26.9 Å². The summed E-state index contributed by atoms with van der Waals surface area (Å²) in [6.45, 7) is 0.839. The predicted octanol–water partition coefficient (Wildman–Crippen LogP) is 1.73. The number of fused-ring (bicyclic) bond motifs is 1. The summed E-state index contributed by atoms with van der Waals surface area (Å²) in [7, 11) is -7.63. The van der Waals surface area contributed by atoms with E-state index in [1.54, 1.807) is 24.3 Å². The highest BCUT2D eigenvalue weighted by Crippen LogP contribution is 2.21. The molecule has 28 heavy (non-hydrogen) atoms. The third-order valence-electron chi connectivity index (χ3n) is 4.64. The van der Waals surface area contributed by atoms with E-state index in [0.717, 1.165) is 16.8 Å². The highest BCUT2D eigenvalue weighted by atomic mass is 32.2. The van der Waals surface area contributed by atoms with Crippen LogP contribution in [0, 0.1) is 0 Å². The van der Waals surface area contributed by atoms with Crippen molar-refractivity contribution in [2.24, 2.45) is 0 Å².